The first-order valence-electron chi connectivity index (χ1n) is 3.89. The van der Waals surface area contributed by atoms with E-state index in [1.54, 1.807) is 4.90 Å². The van der Waals surface area contributed by atoms with Crippen LogP contribution in [-0.4, -0.2) is 35.1 Å². The summed E-state index contributed by atoms with van der Waals surface area (Å²) in [5.74, 6) is 0.00664. The molecule has 2 rings (SSSR count). The molecule has 0 radical (unpaired) electrons. The molecule has 0 saturated carbocycles. The number of hydrogen-bond donors (Lipinski definition) is 1. The van der Waals surface area contributed by atoms with Crippen LogP contribution in [0.25, 0.3) is 0 Å². The lowest BCUT2D eigenvalue weighted by atomic mass is 10.1. The van der Waals surface area contributed by atoms with E-state index in [-0.39, 0.29) is 12.0 Å². The van der Waals surface area contributed by atoms with E-state index in [1.165, 1.54) is 11.3 Å². The van der Waals surface area contributed by atoms with Crippen molar-refractivity contribution in [3.05, 3.63) is 20.8 Å². The predicted molar refractivity (Wildman–Crippen MR) is 53.9 cm³/mol. The average Bonchev–Trinajstić information content (AvgIpc) is 2.44. The Balaban J connectivity index is 2.10. The highest BCUT2D eigenvalue weighted by Crippen LogP contribution is 2.25. The quantitative estimate of drug-likeness (QED) is 0.829. The summed E-state index contributed by atoms with van der Waals surface area (Å²) in [5, 5.41) is 10.9. The minimum atomic E-state index is -0.331. The van der Waals surface area contributed by atoms with Gasteiger partial charge in [-0.15, -0.1) is 11.3 Å². The van der Waals surface area contributed by atoms with Gasteiger partial charge in [-0.1, -0.05) is 0 Å². The molecule has 1 saturated heterocycles. The highest BCUT2D eigenvalue weighted by atomic mass is 79.9. The maximum atomic E-state index is 11.6. The second kappa shape index (κ2) is 3.40. The maximum Gasteiger partial charge on any atom is 0.265 e. The van der Waals surface area contributed by atoms with Gasteiger partial charge < -0.3 is 10.0 Å². The van der Waals surface area contributed by atoms with E-state index in [0.29, 0.717) is 18.0 Å². The van der Waals surface area contributed by atoms with Crippen LogP contribution in [0.3, 0.4) is 0 Å². The van der Waals surface area contributed by atoms with Crippen LogP contribution in [0.5, 0.6) is 0 Å². The Hall–Kier alpha value is -0.390. The van der Waals surface area contributed by atoms with E-state index in [9.17, 15) is 4.79 Å². The molecule has 0 spiro atoms. The summed E-state index contributed by atoms with van der Waals surface area (Å²) in [6, 6.07) is 1.86. The summed E-state index contributed by atoms with van der Waals surface area (Å²) in [6.07, 6.45) is -0.331. The summed E-state index contributed by atoms with van der Waals surface area (Å²) in [4.78, 5) is 14.0. The highest BCUT2D eigenvalue weighted by molar-refractivity contribution is 9.10. The van der Waals surface area contributed by atoms with Crippen LogP contribution in [0.4, 0.5) is 0 Å². The molecule has 1 aliphatic rings. The third kappa shape index (κ3) is 1.63. The number of likely N-dealkylation sites (tertiary alicyclic amines) is 1. The SMILES string of the molecule is O=C(c1sccc1Br)N1CC(O)C1. The molecule has 1 aromatic heterocycles. The Kier molecular flexibility index (Phi) is 2.40. The summed E-state index contributed by atoms with van der Waals surface area (Å²) < 4.78 is 0.837. The van der Waals surface area contributed by atoms with Gasteiger partial charge in [-0.25, -0.2) is 0 Å². The van der Waals surface area contributed by atoms with Gasteiger partial charge in [0.1, 0.15) is 4.88 Å². The van der Waals surface area contributed by atoms with Crippen molar-refractivity contribution in [1.29, 1.82) is 0 Å². The molecular weight excluding hydrogens is 254 g/mol. The number of aliphatic hydroxyl groups is 1. The van der Waals surface area contributed by atoms with Crippen molar-refractivity contribution < 1.29 is 9.90 Å². The number of rotatable bonds is 1. The van der Waals surface area contributed by atoms with Crippen LogP contribution in [0.2, 0.25) is 0 Å². The number of carbonyl (C=O) groups is 1. The Morgan fingerprint density at radius 1 is 1.69 bits per heavy atom. The Bertz CT molecular complexity index is 333. The fourth-order valence-corrected chi connectivity index (χ4v) is 2.72. The number of aliphatic hydroxyl groups excluding tert-OH is 1. The van der Waals surface area contributed by atoms with E-state index in [2.05, 4.69) is 15.9 Å². The van der Waals surface area contributed by atoms with Gasteiger partial charge in [-0.2, -0.15) is 0 Å². The normalized spacial score (nSPS) is 17.2. The first kappa shape index (κ1) is 9.18. The predicted octanol–water partition coefficient (Wildman–Crippen LogP) is 1.33. The van der Waals surface area contributed by atoms with E-state index in [1.807, 2.05) is 11.4 Å². The lowest BCUT2D eigenvalue weighted by molar-refractivity contribution is 0.00617. The summed E-state index contributed by atoms with van der Waals surface area (Å²) in [6.45, 7) is 0.923. The molecule has 5 heteroatoms. The third-order valence-corrected chi connectivity index (χ3v) is 3.79. The molecule has 0 bridgehead atoms. The second-order valence-corrected chi connectivity index (χ2v) is 4.73. The molecular formula is C8H8BrNO2S. The van der Waals surface area contributed by atoms with Crippen LogP contribution < -0.4 is 0 Å². The molecule has 0 aromatic carbocycles. The maximum absolute atomic E-state index is 11.6. The molecule has 1 aliphatic heterocycles. The monoisotopic (exact) mass is 261 g/mol. The molecule has 13 heavy (non-hydrogen) atoms. The minimum absolute atomic E-state index is 0.00664. The molecule has 70 valence electrons. The van der Waals surface area contributed by atoms with Gasteiger partial charge in [0, 0.05) is 17.6 Å². The number of carbonyl (C=O) groups excluding carboxylic acids is 1. The Morgan fingerprint density at radius 3 is 2.85 bits per heavy atom. The van der Waals surface area contributed by atoms with Gasteiger partial charge in [0.2, 0.25) is 0 Å². The third-order valence-electron chi connectivity index (χ3n) is 1.96. The van der Waals surface area contributed by atoms with E-state index >= 15 is 0 Å². The van der Waals surface area contributed by atoms with Gasteiger partial charge in [0.05, 0.1) is 6.10 Å². The Morgan fingerprint density at radius 2 is 2.38 bits per heavy atom. The molecule has 1 N–H and O–H groups in total. The average molecular weight is 262 g/mol. The molecule has 3 nitrogen and oxygen atoms in total. The molecule has 1 amide bonds. The smallest absolute Gasteiger partial charge is 0.265 e. The summed E-state index contributed by atoms with van der Waals surface area (Å²) >= 11 is 4.72. The molecule has 0 atom stereocenters. The van der Waals surface area contributed by atoms with Crippen molar-refractivity contribution >= 4 is 33.2 Å². The van der Waals surface area contributed by atoms with Crippen molar-refractivity contribution in [2.75, 3.05) is 13.1 Å². The van der Waals surface area contributed by atoms with Crippen LogP contribution in [0.15, 0.2) is 15.9 Å². The number of amides is 1. The van der Waals surface area contributed by atoms with Crippen molar-refractivity contribution in [3.8, 4) is 0 Å². The standard InChI is InChI=1S/C8H8BrNO2S/c9-6-1-2-13-7(6)8(12)10-3-5(11)4-10/h1-2,5,11H,3-4H2. The van der Waals surface area contributed by atoms with Gasteiger partial charge in [-0.3, -0.25) is 4.79 Å². The van der Waals surface area contributed by atoms with Crippen LogP contribution >= 0.6 is 27.3 Å². The zero-order valence-electron chi connectivity index (χ0n) is 6.74. The first-order valence-corrected chi connectivity index (χ1v) is 5.56. The highest BCUT2D eigenvalue weighted by Gasteiger charge is 2.30. The molecule has 2 heterocycles. The van der Waals surface area contributed by atoms with E-state index < -0.39 is 0 Å². The van der Waals surface area contributed by atoms with Crippen molar-refractivity contribution in [2.45, 2.75) is 6.10 Å². The van der Waals surface area contributed by atoms with Crippen molar-refractivity contribution in [3.63, 3.8) is 0 Å². The number of hydrogen-bond acceptors (Lipinski definition) is 3. The lowest BCUT2D eigenvalue weighted by Crippen LogP contribution is -2.53. The zero-order valence-corrected chi connectivity index (χ0v) is 9.14. The molecule has 1 fully saturated rings. The zero-order chi connectivity index (χ0) is 9.42. The van der Waals surface area contributed by atoms with Crippen LogP contribution in [0.1, 0.15) is 9.67 Å². The van der Waals surface area contributed by atoms with Gasteiger partial charge in [-0.05, 0) is 27.4 Å². The van der Waals surface area contributed by atoms with Gasteiger partial charge in [0.25, 0.3) is 5.91 Å². The van der Waals surface area contributed by atoms with Crippen LogP contribution in [-0.2, 0) is 0 Å². The van der Waals surface area contributed by atoms with E-state index in [4.69, 9.17) is 5.11 Å². The summed E-state index contributed by atoms with van der Waals surface area (Å²) in [7, 11) is 0. The second-order valence-electron chi connectivity index (χ2n) is 2.96. The fourth-order valence-electron chi connectivity index (χ4n) is 1.21. The number of nitrogens with zero attached hydrogens (tertiary/aromatic N) is 1. The Labute approximate surface area is 88.1 Å². The van der Waals surface area contributed by atoms with Gasteiger partial charge >= 0.3 is 0 Å². The lowest BCUT2D eigenvalue weighted by Gasteiger charge is -2.35. The number of halogens is 1. The molecule has 0 unspecified atom stereocenters. The minimum Gasteiger partial charge on any atom is -0.389 e. The van der Waals surface area contributed by atoms with Gasteiger partial charge in [0.15, 0.2) is 0 Å². The van der Waals surface area contributed by atoms with Crippen molar-refractivity contribution in [1.82, 2.24) is 4.90 Å². The number of thiophene rings is 1. The van der Waals surface area contributed by atoms with Crippen molar-refractivity contribution in [2.24, 2.45) is 0 Å². The molecule has 1 aromatic rings. The summed E-state index contributed by atoms with van der Waals surface area (Å²) in [5.41, 5.74) is 0. The first-order chi connectivity index (χ1) is 6.18. The fraction of sp³-hybridized carbons (Fsp3) is 0.375. The number of β-amino-alcohol motifs (C(OH)–C–C–N with tert-alkyl or cyclic N) is 1. The molecule has 0 aliphatic carbocycles. The van der Waals surface area contributed by atoms with E-state index in [0.717, 1.165) is 4.47 Å². The van der Waals surface area contributed by atoms with Crippen LogP contribution in [0, 0.1) is 0 Å². The largest absolute Gasteiger partial charge is 0.389 e. The topological polar surface area (TPSA) is 40.5 Å².